The fourth-order valence-corrected chi connectivity index (χ4v) is 2.12. The van der Waals surface area contributed by atoms with E-state index in [1.807, 2.05) is 30.3 Å². The molecule has 0 saturated heterocycles. The Kier molecular flexibility index (Phi) is 4.81. The molecule has 120 valence electrons. The third-order valence-electron chi connectivity index (χ3n) is 3.35. The number of carbonyl (C=O) groups is 1. The summed E-state index contributed by atoms with van der Waals surface area (Å²) >= 11 is 0. The fraction of sp³-hybridized carbons (Fsp3) is 0.0526. The largest absolute Gasteiger partial charge is 0.485 e. The van der Waals surface area contributed by atoms with Crippen LogP contribution in [-0.2, 0) is 6.61 Å². The summed E-state index contributed by atoms with van der Waals surface area (Å²) in [4.78, 5) is 16.4. The zero-order chi connectivity index (χ0) is 16.8. The van der Waals surface area contributed by atoms with Crippen molar-refractivity contribution in [1.82, 2.24) is 4.98 Å². The summed E-state index contributed by atoms with van der Waals surface area (Å²) in [5.41, 5.74) is 1.35. The summed E-state index contributed by atoms with van der Waals surface area (Å²) in [6, 6.07) is 18.5. The summed E-state index contributed by atoms with van der Waals surface area (Å²) in [6.45, 7) is 0.367. The van der Waals surface area contributed by atoms with Crippen molar-refractivity contribution in [3.63, 3.8) is 0 Å². The van der Waals surface area contributed by atoms with Gasteiger partial charge >= 0.3 is 0 Å². The first kappa shape index (κ1) is 15.7. The van der Waals surface area contributed by atoms with Gasteiger partial charge in [0.15, 0.2) is 11.6 Å². The van der Waals surface area contributed by atoms with E-state index in [4.69, 9.17) is 4.74 Å². The monoisotopic (exact) mass is 322 g/mol. The Morgan fingerprint density at radius 1 is 1.00 bits per heavy atom. The molecule has 0 aliphatic heterocycles. The molecule has 0 bridgehead atoms. The van der Waals surface area contributed by atoms with Crippen molar-refractivity contribution in [3.8, 4) is 5.75 Å². The van der Waals surface area contributed by atoms with Crippen molar-refractivity contribution in [2.45, 2.75) is 6.61 Å². The number of ether oxygens (including phenoxy) is 1. The Morgan fingerprint density at radius 2 is 1.75 bits per heavy atom. The number of aromatic nitrogens is 1. The van der Waals surface area contributed by atoms with Gasteiger partial charge in [0, 0.05) is 11.8 Å². The van der Waals surface area contributed by atoms with Crippen molar-refractivity contribution in [1.29, 1.82) is 0 Å². The second-order valence-electron chi connectivity index (χ2n) is 5.09. The van der Waals surface area contributed by atoms with E-state index in [0.717, 1.165) is 5.56 Å². The molecule has 0 aliphatic carbocycles. The van der Waals surface area contributed by atoms with Gasteiger partial charge in [-0.2, -0.15) is 0 Å². The number of amides is 1. The minimum absolute atomic E-state index is 0.322. The molecule has 0 spiro atoms. The van der Waals surface area contributed by atoms with E-state index in [0.29, 0.717) is 23.7 Å². The van der Waals surface area contributed by atoms with E-state index in [1.165, 1.54) is 24.3 Å². The highest BCUT2D eigenvalue weighted by atomic mass is 19.1. The molecule has 0 aliphatic rings. The van der Waals surface area contributed by atoms with E-state index in [2.05, 4.69) is 10.3 Å². The number of nitrogens with one attached hydrogen (secondary N) is 1. The van der Waals surface area contributed by atoms with Crippen molar-refractivity contribution in [3.05, 3.63) is 89.9 Å². The minimum atomic E-state index is -0.392. The lowest BCUT2D eigenvalue weighted by Crippen LogP contribution is -2.14. The number of anilines is 1. The Morgan fingerprint density at radius 3 is 2.50 bits per heavy atom. The van der Waals surface area contributed by atoms with E-state index >= 15 is 0 Å². The summed E-state index contributed by atoms with van der Waals surface area (Å²) in [5, 5.41) is 2.69. The van der Waals surface area contributed by atoms with Gasteiger partial charge < -0.3 is 10.1 Å². The average molecular weight is 322 g/mol. The van der Waals surface area contributed by atoms with Gasteiger partial charge in [-0.1, -0.05) is 30.3 Å². The van der Waals surface area contributed by atoms with Crippen molar-refractivity contribution >= 4 is 11.7 Å². The van der Waals surface area contributed by atoms with Crippen LogP contribution >= 0.6 is 0 Å². The summed E-state index contributed by atoms with van der Waals surface area (Å²) < 4.78 is 18.7. The molecule has 0 unspecified atom stereocenters. The number of rotatable bonds is 5. The van der Waals surface area contributed by atoms with E-state index < -0.39 is 5.82 Å². The third kappa shape index (κ3) is 3.95. The molecule has 1 heterocycles. The van der Waals surface area contributed by atoms with Crippen molar-refractivity contribution in [2.75, 3.05) is 5.32 Å². The van der Waals surface area contributed by atoms with Crippen LogP contribution in [0.2, 0.25) is 0 Å². The fourth-order valence-electron chi connectivity index (χ4n) is 2.12. The van der Waals surface area contributed by atoms with Gasteiger partial charge in [-0.15, -0.1) is 0 Å². The molecule has 24 heavy (non-hydrogen) atoms. The quantitative estimate of drug-likeness (QED) is 0.771. The molecular weight excluding hydrogens is 307 g/mol. The number of benzene rings is 2. The maximum Gasteiger partial charge on any atom is 0.256 e. The van der Waals surface area contributed by atoms with Gasteiger partial charge in [0.1, 0.15) is 12.4 Å². The van der Waals surface area contributed by atoms with Gasteiger partial charge in [0.25, 0.3) is 5.91 Å². The molecule has 1 aromatic heterocycles. The molecule has 1 amide bonds. The first-order chi connectivity index (χ1) is 11.7. The van der Waals surface area contributed by atoms with Crippen molar-refractivity contribution < 1.29 is 13.9 Å². The molecule has 5 heteroatoms. The molecule has 3 rings (SSSR count). The molecule has 4 nitrogen and oxygen atoms in total. The van der Waals surface area contributed by atoms with Crippen LogP contribution in [-0.4, -0.2) is 10.9 Å². The van der Waals surface area contributed by atoms with Crippen LogP contribution in [0.4, 0.5) is 10.2 Å². The van der Waals surface area contributed by atoms with Gasteiger partial charge in [-0.3, -0.25) is 4.79 Å². The maximum atomic E-state index is 12.9. The summed E-state index contributed by atoms with van der Waals surface area (Å²) in [5.74, 6) is 0.0223. The molecule has 0 radical (unpaired) electrons. The van der Waals surface area contributed by atoms with E-state index in [-0.39, 0.29) is 5.91 Å². The van der Waals surface area contributed by atoms with Crippen LogP contribution in [0.3, 0.4) is 0 Å². The number of nitrogens with zero attached hydrogens (tertiary/aromatic N) is 1. The molecular formula is C19H15FN2O2. The average Bonchev–Trinajstić information content (AvgIpc) is 2.62. The normalized spacial score (nSPS) is 10.2. The Bertz CT molecular complexity index is 820. The van der Waals surface area contributed by atoms with E-state index in [9.17, 15) is 9.18 Å². The number of halogens is 1. The smallest absolute Gasteiger partial charge is 0.256 e. The lowest BCUT2D eigenvalue weighted by atomic mass is 10.2. The molecule has 1 N–H and O–H groups in total. The maximum absolute atomic E-state index is 12.9. The van der Waals surface area contributed by atoms with Crippen LogP contribution in [0.15, 0.2) is 72.9 Å². The van der Waals surface area contributed by atoms with Gasteiger partial charge in [0.2, 0.25) is 0 Å². The van der Waals surface area contributed by atoms with Gasteiger partial charge in [-0.05, 0) is 42.0 Å². The standard InChI is InChI=1S/C19H15FN2O2/c20-16-10-8-15(9-11-16)19(23)22-18-17(7-4-12-21-18)24-13-14-5-2-1-3-6-14/h1-12H,13H2,(H,21,22,23). The first-order valence-electron chi connectivity index (χ1n) is 7.41. The van der Waals surface area contributed by atoms with Gasteiger partial charge in [0.05, 0.1) is 0 Å². The highest BCUT2D eigenvalue weighted by Gasteiger charge is 2.11. The predicted octanol–water partition coefficient (Wildman–Crippen LogP) is 4.05. The second kappa shape index (κ2) is 7.37. The van der Waals surface area contributed by atoms with Gasteiger partial charge in [-0.25, -0.2) is 9.37 Å². The third-order valence-corrected chi connectivity index (χ3v) is 3.35. The summed E-state index contributed by atoms with van der Waals surface area (Å²) in [6.07, 6.45) is 1.57. The number of carbonyl (C=O) groups excluding carboxylic acids is 1. The predicted molar refractivity (Wildman–Crippen MR) is 89.4 cm³/mol. The molecule has 2 aromatic carbocycles. The van der Waals surface area contributed by atoms with Crippen LogP contribution in [0, 0.1) is 5.82 Å². The number of hydrogen-bond donors (Lipinski definition) is 1. The summed E-state index contributed by atoms with van der Waals surface area (Å²) in [7, 11) is 0. The first-order valence-corrected chi connectivity index (χ1v) is 7.41. The number of pyridine rings is 1. The lowest BCUT2D eigenvalue weighted by Gasteiger charge is -2.11. The second-order valence-corrected chi connectivity index (χ2v) is 5.09. The molecule has 3 aromatic rings. The highest BCUT2D eigenvalue weighted by molar-refractivity contribution is 6.04. The van der Waals surface area contributed by atoms with Crippen molar-refractivity contribution in [2.24, 2.45) is 0 Å². The topological polar surface area (TPSA) is 51.2 Å². The highest BCUT2D eigenvalue weighted by Crippen LogP contribution is 2.22. The Balaban J connectivity index is 1.71. The minimum Gasteiger partial charge on any atom is -0.485 e. The Hall–Kier alpha value is -3.21. The van der Waals surface area contributed by atoms with E-state index in [1.54, 1.807) is 18.3 Å². The van der Waals surface area contributed by atoms with Crippen LogP contribution < -0.4 is 10.1 Å². The number of hydrogen-bond acceptors (Lipinski definition) is 3. The van der Waals surface area contributed by atoms with Crippen LogP contribution in [0.5, 0.6) is 5.75 Å². The van der Waals surface area contributed by atoms with Crippen LogP contribution in [0.1, 0.15) is 15.9 Å². The zero-order valence-corrected chi connectivity index (χ0v) is 12.8. The SMILES string of the molecule is O=C(Nc1ncccc1OCc1ccccc1)c1ccc(F)cc1. The van der Waals surface area contributed by atoms with Crippen LogP contribution in [0.25, 0.3) is 0 Å². The zero-order valence-electron chi connectivity index (χ0n) is 12.8. The Labute approximate surface area is 138 Å². The molecule has 0 saturated carbocycles. The molecule has 0 atom stereocenters. The lowest BCUT2D eigenvalue weighted by molar-refractivity contribution is 0.102. The molecule has 0 fully saturated rings.